The van der Waals surface area contributed by atoms with Gasteiger partial charge in [0.15, 0.2) is 0 Å². The molecule has 0 spiro atoms. The summed E-state index contributed by atoms with van der Waals surface area (Å²) < 4.78 is 5.27. The molecule has 0 bridgehead atoms. The lowest BCUT2D eigenvalue weighted by Gasteiger charge is -2.28. The minimum Gasteiger partial charge on any atom is -0.510 e. The molecule has 2 rings (SSSR count). The van der Waals surface area contributed by atoms with Crippen LogP contribution in [0.2, 0.25) is 0 Å². The van der Waals surface area contributed by atoms with Crippen molar-refractivity contribution < 1.29 is 9.84 Å². The van der Waals surface area contributed by atoms with Crippen molar-refractivity contribution in [1.29, 1.82) is 0 Å². The summed E-state index contributed by atoms with van der Waals surface area (Å²) in [5.41, 5.74) is 6.73. The van der Waals surface area contributed by atoms with Crippen LogP contribution < -0.4 is 5.73 Å². The van der Waals surface area contributed by atoms with Gasteiger partial charge in [0.2, 0.25) is 0 Å². The highest BCUT2D eigenvalue weighted by atomic mass is 16.5. The maximum absolute atomic E-state index is 9.81. The molecule has 1 atom stereocenters. The van der Waals surface area contributed by atoms with Gasteiger partial charge in [0.25, 0.3) is 0 Å². The molecule has 1 fully saturated rings. The van der Waals surface area contributed by atoms with Crippen LogP contribution in [0.25, 0.3) is 0 Å². The van der Waals surface area contributed by atoms with Crippen molar-refractivity contribution >= 4 is 0 Å². The summed E-state index contributed by atoms with van der Waals surface area (Å²) in [5.74, 6) is 0.351. The first-order valence-corrected chi connectivity index (χ1v) is 5.41. The quantitative estimate of drug-likeness (QED) is 0.693. The maximum Gasteiger partial charge on any atom is 0.114 e. The number of nitrogens with zero attached hydrogens (tertiary/aromatic N) is 1. The number of aliphatic hydroxyl groups excluding tert-OH is 1. The first-order chi connectivity index (χ1) is 7.27. The van der Waals surface area contributed by atoms with Crippen LogP contribution in [0.15, 0.2) is 23.5 Å². The lowest BCUT2D eigenvalue weighted by molar-refractivity contribution is 0.0421. The fourth-order valence-electron chi connectivity index (χ4n) is 1.93. The predicted octanol–water partition coefficient (Wildman–Crippen LogP) is 0.418. The van der Waals surface area contributed by atoms with Gasteiger partial charge in [-0.05, 0) is 6.42 Å². The van der Waals surface area contributed by atoms with E-state index in [0.717, 1.165) is 44.8 Å². The minimum atomic E-state index is -0.217. The lowest BCUT2D eigenvalue weighted by Crippen LogP contribution is -2.38. The number of hydrogen-bond acceptors (Lipinski definition) is 4. The van der Waals surface area contributed by atoms with Crippen molar-refractivity contribution in [3.05, 3.63) is 23.5 Å². The first kappa shape index (κ1) is 10.7. The predicted molar refractivity (Wildman–Crippen MR) is 58.6 cm³/mol. The second kappa shape index (κ2) is 4.79. The van der Waals surface area contributed by atoms with Crippen LogP contribution in [0.1, 0.15) is 6.42 Å². The Labute approximate surface area is 90.0 Å². The highest BCUT2D eigenvalue weighted by Gasteiger charge is 2.18. The van der Waals surface area contributed by atoms with Gasteiger partial charge in [0.05, 0.1) is 19.3 Å². The van der Waals surface area contributed by atoms with Crippen LogP contribution in [0.5, 0.6) is 0 Å². The molecule has 1 aliphatic carbocycles. The molecule has 0 radical (unpaired) electrons. The molecule has 0 aromatic heterocycles. The molecule has 0 amide bonds. The number of ether oxygens (including phenoxy) is 1. The number of nitrogens with two attached hydrogens (primary N) is 1. The van der Waals surface area contributed by atoms with Crippen LogP contribution in [-0.4, -0.2) is 48.9 Å². The van der Waals surface area contributed by atoms with E-state index in [1.807, 2.05) is 12.2 Å². The molecule has 4 nitrogen and oxygen atoms in total. The smallest absolute Gasteiger partial charge is 0.114 e. The van der Waals surface area contributed by atoms with Crippen molar-refractivity contribution in [3.8, 4) is 0 Å². The number of morpholine rings is 1. The Morgan fingerprint density at radius 2 is 2.20 bits per heavy atom. The van der Waals surface area contributed by atoms with Gasteiger partial charge in [0.1, 0.15) is 5.76 Å². The van der Waals surface area contributed by atoms with E-state index in [1.165, 1.54) is 0 Å². The Kier molecular flexibility index (Phi) is 3.41. The molecule has 1 aliphatic heterocycles. The molecule has 0 aromatic carbocycles. The van der Waals surface area contributed by atoms with Gasteiger partial charge in [-0.3, -0.25) is 4.90 Å². The summed E-state index contributed by atoms with van der Waals surface area (Å²) in [6.07, 6.45) is 4.74. The summed E-state index contributed by atoms with van der Waals surface area (Å²) in [5, 5.41) is 9.81. The largest absolute Gasteiger partial charge is 0.510 e. The average molecular weight is 210 g/mol. The summed E-state index contributed by atoms with van der Waals surface area (Å²) in [6, 6.07) is -0.217. The third kappa shape index (κ3) is 2.59. The van der Waals surface area contributed by atoms with Gasteiger partial charge in [-0.25, -0.2) is 0 Å². The molecule has 0 aromatic rings. The zero-order chi connectivity index (χ0) is 10.7. The van der Waals surface area contributed by atoms with Crippen LogP contribution >= 0.6 is 0 Å². The Balaban J connectivity index is 1.97. The molecule has 2 aliphatic rings. The molecule has 1 unspecified atom stereocenters. The highest BCUT2D eigenvalue weighted by Crippen LogP contribution is 2.17. The van der Waals surface area contributed by atoms with E-state index in [4.69, 9.17) is 10.5 Å². The van der Waals surface area contributed by atoms with E-state index >= 15 is 0 Å². The molecule has 1 saturated heterocycles. The standard InChI is InChI=1S/C11H18N2O2/c12-10-3-1-2-9(11(10)14)8-13-4-6-15-7-5-13/h1-2,10,14H,3-8,12H2. The Morgan fingerprint density at radius 3 is 2.93 bits per heavy atom. The monoisotopic (exact) mass is 210 g/mol. The van der Waals surface area contributed by atoms with Crippen molar-refractivity contribution in [2.24, 2.45) is 5.73 Å². The second-order valence-corrected chi connectivity index (χ2v) is 4.04. The van der Waals surface area contributed by atoms with Gasteiger partial charge in [-0.2, -0.15) is 0 Å². The Bertz CT molecular complexity index is 280. The highest BCUT2D eigenvalue weighted by molar-refractivity contribution is 5.30. The van der Waals surface area contributed by atoms with Crippen LogP contribution in [0.4, 0.5) is 0 Å². The normalized spacial score (nSPS) is 28.5. The van der Waals surface area contributed by atoms with Gasteiger partial charge in [0, 0.05) is 25.2 Å². The summed E-state index contributed by atoms with van der Waals surface area (Å²) in [6.45, 7) is 4.20. The number of hydrogen-bond donors (Lipinski definition) is 2. The molecule has 15 heavy (non-hydrogen) atoms. The van der Waals surface area contributed by atoms with Crippen molar-refractivity contribution in [2.75, 3.05) is 32.8 Å². The van der Waals surface area contributed by atoms with Crippen LogP contribution in [-0.2, 0) is 4.74 Å². The molecule has 3 N–H and O–H groups in total. The van der Waals surface area contributed by atoms with Gasteiger partial charge in [-0.15, -0.1) is 0 Å². The number of rotatable bonds is 2. The van der Waals surface area contributed by atoms with E-state index in [0.29, 0.717) is 5.76 Å². The molecule has 4 heteroatoms. The zero-order valence-electron chi connectivity index (χ0n) is 8.85. The first-order valence-electron chi connectivity index (χ1n) is 5.41. The lowest BCUT2D eigenvalue weighted by atomic mass is 10.0. The van der Waals surface area contributed by atoms with E-state index in [1.54, 1.807) is 0 Å². The van der Waals surface area contributed by atoms with E-state index < -0.39 is 0 Å². The fourth-order valence-corrected chi connectivity index (χ4v) is 1.93. The Hall–Kier alpha value is -0.840. The summed E-state index contributed by atoms with van der Waals surface area (Å²) in [4.78, 5) is 2.28. The summed E-state index contributed by atoms with van der Waals surface area (Å²) in [7, 11) is 0. The van der Waals surface area contributed by atoms with Crippen LogP contribution in [0.3, 0.4) is 0 Å². The van der Waals surface area contributed by atoms with Gasteiger partial charge < -0.3 is 15.6 Å². The number of aliphatic hydroxyl groups is 1. The fraction of sp³-hybridized carbons (Fsp3) is 0.636. The Morgan fingerprint density at radius 1 is 1.47 bits per heavy atom. The average Bonchev–Trinajstić information content (AvgIpc) is 2.26. The van der Waals surface area contributed by atoms with Crippen LogP contribution in [0, 0.1) is 0 Å². The third-order valence-corrected chi connectivity index (χ3v) is 2.89. The third-order valence-electron chi connectivity index (χ3n) is 2.89. The minimum absolute atomic E-state index is 0.217. The van der Waals surface area contributed by atoms with Gasteiger partial charge in [-0.1, -0.05) is 12.2 Å². The van der Waals surface area contributed by atoms with Gasteiger partial charge >= 0.3 is 0 Å². The van der Waals surface area contributed by atoms with Crippen molar-refractivity contribution in [3.63, 3.8) is 0 Å². The summed E-state index contributed by atoms with van der Waals surface area (Å²) >= 11 is 0. The second-order valence-electron chi connectivity index (χ2n) is 4.04. The van der Waals surface area contributed by atoms with E-state index in [2.05, 4.69) is 4.90 Å². The molecule has 0 saturated carbocycles. The zero-order valence-corrected chi connectivity index (χ0v) is 8.85. The molecule has 1 heterocycles. The maximum atomic E-state index is 9.81. The van der Waals surface area contributed by atoms with Crippen molar-refractivity contribution in [1.82, 2.24) is 4.90 Å². The molecule has 84 valence electrons. The van der Waals surface area contributed by atoms with Crippen molar-refractivity contribution in [2.45, 2.75) is 12.5 Å². The SMILES string of the molecule is NC1CC=CC(CN2CCOCC2)=C1O. The van der Waals surface area contributed by atoms with E-state index in [9.17, 15) is 5.11 Å². The van der Waals surface area contributed by atoms with E-state index in [-0.39, 0.29) is 6.04 Å². The topological polar surface area (TPSA) is 58.7 Å². The molecular weight excluding hydrogens is 192 g/mol. The molecular formula is C11H18N2O2.